The van der Waals surface area contributed by atoms with E-state index < -0.39 is 0 Å². The Hall–Kier alpha value is -1.21. The van der Waals surface area contributed by atoms with Crippen molar-refractivity contribution in [2.75, 3.05) is 0 Å². The van der Waals surface area contributed by atoms with Gasteiger partial charge in [0.05, 0.1) is 0 Å². The summed E-state index contributed by atoms with van der Waals surface area (Å²) in [5, 5.41) is 0. The minimum absolute atomic E-state index is 0.0255. The molecule has 48 valence electrons. The van der Waals surface area contributed by atoms with Crippen molar-refractivity contribution < 1.29 is 9.58 Å². The predicted molar refractivity (Wildman–Crippen MR) is 34.1 cm³/mol. The fourth-order valence-electron chi connectivity index (χ4n) is 0.392. The van der Waals surface area contributed by atoms with E-state index >= 15 is 0 Å². The number of allylic oxidation sites excluding steroid dienone is 1. The molecule has 0 aromatic heterocycles. The van der Waals surface area contributed by atoms with Crippen molar-refractivity contribution in [2.24, 2.45) is 0 Å². The standard InChI is InChI=1S/C6H8N2O/c1-3-5(8-7)6(9)4-2/h3H,1,4H2,2H3. The molecule has 0 heterocycles. The molecule has 3 heteroatoms. The van der Waals surface area contributed by atoms with Crippen LogP contribution in [0.5, 0.6) is 0 Å². The Morgan fingerprint density at radius 2 is 2.44 bits per heavy atom. The van der Waals surface area contributed by atoms with E-state index in [2.05, 4.69) is 11.4 Å². The lowest BCUT2D eigenvalue weighted by molar-refractivity contribution is -0.116. The minimum Gasteiger partial charge on any atom is -0.361 e. The van der Waals surface area contributed by atoms with Crippen LogP contribution in [0.3, 0.4) is 0 Å². The summed E-state index contributed by atoms with van der Waals surface area (Å²) < 4.78 is 0. The van der Waals surface area contributed by atoms with Crippen molar-refractivity contribution in [1.29, 1.82) is 0 Å². The van der Waals surface area contributed by atoms with Crippen molar-refractivity contribution in [3.05, 3.63) is 18.2 Å². The fourth-order valence-corrected chi connectivity index (χ4v) is 0.392. The van der Waals surface area contributed by atoms with Crippen LogP contribution in [0.2, 0.25) is 0 Å². The molecule has 0 aliphatic carbocycles. The number of hydrogen-bond acceptors (Lipinski definition) is 1. The molecule has 9 heavy (non-hydrogen) atoms. The van der Waals surface area contributed by atoms with Crippen LogP contribution in [-0.2, 0) is 4.79 Å². The third-order valence-electron chi connectivity index (χ3n) is 0.908. The molecule has 0 N–H and O–H groups in total. The molecule has 0 spiro atoms. The van der Waals surface area contributed by atoms with Gasteiger partial charge < -0.3 is 5.53 Å². The van der Waals surface area contributed by atoms with Gasteiger partial charge in [0.15, 0.2) is 0 Å². The predicted octanol–water partition coefficient (Wildman–Crippen LogP) is 0.822. The summed E-state index contributed by atoms with van der Waals surface area (Å²) in [5.41, 5.74) is 8.15. The largest absolute Gasteiger partial charge is 0.361 e. The van der Waals surface area contributed by atoms with Gasteiger partial charge in [0.1, 0.15) is 0 Å². The molecule has 0 bridgehead atoms. The normalized spacial score (nSPS) is 7.67. The third-order valence-corrected chi connectivity index (χ3v) is 0.908. The maximum Gasteiger partial charge on any atom is 0.357 e. The van der Waals surface area contributed by atoms with Crippen LogP contribution < -0.4 is 0 Å². The lowest BCUT2D eigenvalue weighted by Crippen LogP contribution is -2.09. The van der Waals surface area contributed by atoms with Gasteiger partial charge in [-0.1, -0.05) is 13.5 Å². The molecule has 0 fully saturated rings. The number of Topliss-reactive ketones (excluding diaryl/α,β-unsaturated/α-hetero) is 1. The molecule has 3 nitrogen and oxygen atoms in total. The average molecular weight is 124 g/mol. The molecule has 0 radical (unpaired) electrons. The zero-order chi connectivity index (χ0) is 7.28. The van der Waals surface area contributed by atoms with Gasteiger partial charge in [-0.05, 0) is 0 Å². The molecule has 0 saturated heterocycles. The molecule has 0 aliphatic rings. The summed E-state index contributed by atoms with van der Waals surface area (Å²) in [6, 6.07) is 0. The van der Waals surface area contributed by atoms with E-state index in [1.807, 2.05) is 0 Å². The molecule has 0 saturated carbocycles. The maximum atomic E-state index is 10.6. The molecule has 0 amide bonds. The van der Waals surface area contributed by atoms with Crippen molar-refractivity contribution in [1.82, 2.24) is 0 Å². The van der Waals surface area contributed by atoms with Crippen LogP contribution >= 0.6 is 0 Å². The van der Waals surface area contributed by atoms with Gasteiger partial charge >= 0.3 is 5.71 Å². The van der Waals surface area contributed by atoms with E-state index in [4.69, 9.17) is 5.53 Å². The lowest BCUT2D eigenvalue weighted by Gasteiger charge is -1.80. The monoisotopic (exact) mass is 124 g/mol. The zero-order valence-corrected chi connectivity index (χ0v) is 5.29. The summed E-state index contributed by atoms with van der Waals surface area (Å²) in [4.78, 5) is 13.3. The van der Waals surface area contributed by atoms with Crippen molar-refractivity contribution in [2.45, 2.75) is 13.3 Å². The highest BCUT2D eigenvalue weighted by Gasteiger charge is 2.11. The topological polar surface area (TPSA) is 53.5 Å². The second kappa shape index (κ2) is 3.75. The van der Waals surface area contributed by atoms with Crippen LogP contribution in [0.1, 0.15) is 13.3 Å². The van der Waals surface area contributed by atoms with Gasteiger partial charge in [-0.15, -0.1) is 0 Å². The Morgan fingerprint density at radius 1 is 1.89 bits per heavy atom. The van der Waals surface area contributed by atoms with Crippen LogP contribution in [0.4, 0.5) is 0 Å². The second-order valence-electron chi connectivity index (χ2n) is 1.47. The Labute approximate surface area is 53.6 Å². The van der Waals surface area contributed by atoms with E-state index in [1.54, 1.807) is 6.92 Å². The third kappa shape index (κ3) is 2.02. The highest BCUT2D eigenvalue weighted by Crippen LogP contribution is 1.82. The van der Waals surface area contributed by atoms with Gasteiger partial charge in [-0.25, -0.2) is 0 Å². The Kier molecular flexibility index (Phi) is 3.25. The molecule has 0 rings (SSSR count). The number of carbonyl (C=O) groups excluding carboxylic acids is 1. The van der Waals surface area contributed by atoms with E-state index in [0.29, 0.717) is 6.42 Å². The minimum atomic E-state index is -0.201. The van der Waals surface area contributed by atoms with Crippen LogP contribution in [0.25, 0.3) is 5.53 Å². The summed E-state index contributed by atoms with van der Waals surface area (Å²) in [5.74, 6) is -0.201. The number of rotatable bonds is 3. The fraction of sp³-hybridized carbons (Fsp3) is 0.333. The summed E-state index contributed by atoms with van der Waals surface area (Å²) in [6.45, 7) is 4.98. The van der Waals surface area contributed by atoms with E-state index in [9.17, 15) is 4.79 Å². The van der Waals surface area contributed by atoms with E-state index in [1.165, 1.54) is 6.08 Å². The van der Waals surface area contributed by atoms with Crippen LogP contribution in [0, 0.1) is 0 Å². The Bertz CT molecular complexity index is 177. The molecule has 0 unspecified atom stereocenters. The first-order chi connectivity index (χ1) is 4.26. The molecule has 0 aromatic carbocycles. The highest BCUT2D eigenvalue weighted by molar-refractivity contribution is 6.41. The van der Waals surface area contributed by atoms with E-state index in [0.717, 1.165) is 0 Å². The molecule has 0 atom stereocenters. The number of nitrogens with zero attached hydrogens (tertiary/aromatic N) is 2. The first kappa shape index (κ1) is 7.79. The van der Waals surface area contributed by atoms with Crippen molar-refractivity contribution in [3.63, 3.8) is 0 Å². The quantitative estimate of drug-likeness (QED) is 0.312. The number of carbonyl (C=O) groups is 1. The molecule has 0 aliphatic heterocycles. The average Bonchev–Trinajstić information content (AvgIpc) is 1.90. The maximum absolute atomic E-state index is 10.6. The summed E-state index contributed by atoms with van der Waals surface area (Å²) in [7, 11) is 0. The van der Waals surface area contributed by atoms with Gasteiger partial charge in [-0.2, -0.15) is 4.79 Å². The van der Waals surface area contributed by atoms with Crippen molar-refractivity contribution >= 4 is 11.5 Å². The first-order valence-corrected chi connectivity index (χ1v) is 2.64. The smallest absolute Gasteiger partial charge is 0.357 e. The van der Waals surface area contributed by atoms with Gasteiger partial charge in [0.25, 0.3) is 0 Å². The van der Waals surface area contributed by atoms with E-state index in [-0.39, 0.29) is 11.5 Å². The Balaban J connectivity index is 4.32. The number of hydrogen-bond donors (Lipinski definition) is 0. The second-order valence-corrected chi connectivity index (χ2v) is 1.47. The molecule has 0 aromatic rings. The zero-order valence-electron chi connectivity index (χ0n) is 5.29. The van der Waals surface area contributed by atoms with Crippen LogP contribution in [0.15, 0.2) is 12.7 Å². The summed E-state index contributed by atoms with van der Waals surface area (Å²) in [6.07, 6.45) is 1.57. The van der Waals surface area contributed by atoms with Gasteiger partial charge in [-0.3, -0.25) is 4.79 Å². The number of ketones is 1. The summed E-state index contributed by atoms with van der Waals surface area (Å²) >= 11 is 0. The lowest BCUT2D eigenvalue weighted by atomic mass is 10.2. The molecular formula is C6H8N2O. The first-order valence-electron chi connectivity index (χ1n) is 2.64. The van der Waals surface area contributed by atoms with Gasteiger partial charge in [0, 0.05) is 12.5 Å². The van der Waals surface area contributed by atoms with Gasteiger partial charge in [0.2, 0.25) is 5.78 Å². The molecular weight excluding hydrogens is 116 g/mol. The Morgan fingerprint density at radius 3 is 2.56 bits per heavy atom. The van der Waals surface area contributed by atoms with Crippen molar-refractivity contribution in [3.8, 4) is 0 Å². The SMILES string of the molecule is C=CC(=[N+]=[N-])C(=O)CC. The highest BCUT2D eigenvalue weighted by atomic mass is 16.1. The van der Waals surface area contributed by atoms with Crippen LogP contribution in [-0.4, -0.2) is 16.3 Å².